The van der Waals surface area contributed by atoms with E-state index in [0.717, 1.165) is 44.7 Å². The van der Waals surface area contributed by atoms with Crippen LogP contribution in [0.25, 0.3) is 0 Å². The standard InChI is InChI=1S/C13H21N3O2/c1-15-9-7-14-12(15)6-3-8-16(2)13(17)11-5-4-10-18-11/h7,9,11H,3-6,8,10H2,1-2H3/t11-/m1/s1. The number of rotatable bonds is 5. The maximum Gasteiger partial charge on any atom is 0.251 e. The third kappa shape index (κ3) is 3.10. The average Bonchev–Trinajstić information content (AvgIpc) is 3.00. The zero-order chi connectivity index (χ0) is 13.0. The highest BCUT2D eigenvalue weighted by Crippen LogP contribution is 2.14. The van der Waals surface area contributed by atoms with Crippen LogP contribution in [0.15, 0.2) is 12.4 Å². The van der Waals surface area contributed by atoms with Crippen LogP contribution < -0.4 is 0 Å². The summed E-state index contributed by atoms with van der Waals surface area (Å²) in [4.78, 5) is 18.0. The minimum Gasteiger partial charge on any atom is -0.368 e. The summed E-state index contributed by atoms with van der Waals surface area (Å²) in [6.45, 7) is 1.48. The number of ether oxygens (including phenoxy) is 1. The first kappa shape index (κ1) is 13.1. The lowest BCUT2D eigenvalue weighted by atomic mass is 10.2. The first-order valence-electron chi connectivity index (χ1n) is 6.51. The van der Waals surface area contributed by atoms with Crippen molar-refractivity contribution in [2.24, 2.45) is 7.05 Å². The molecule has 0 aromatic carbocycles. The van der Waals surface area contributed by atoms with Crippen molar-refractivity contribution < 1.29 is 9.53 Å². The van der Waals surface area contributed by atoms with E-state index in [1.807, 2.05) is 24.9 Å². The molecule has 0 bridgehead atoms. The second kappa shape index (κ2) is 6.00. The molecule has 0 radical (unpaired) electrons. The van der Waals surface area contributed by atoms with Crippen molar-refractivity contribution in [3.63, 3.8) is 0 Å². The van der Waals surface area contributed by atoms with Gasteiger partial charge in [0, 0.05) is 46.1 Å². The molecule has 0 saturated carbocycles. The largest absolute Gasteiger partial charge is 0.368 e. The third-order valence-electron chi connectivity index (χ3n) is 3.40. The van der Waals surface area contributed by atoms with Crippen molar-refractivity contribution in [1.82, 2.24) is 14.5 Å². The summed E-state index contributed by atoms with van der Waals surface area (Å²) in [5.74, 6) is 1.18. The Balaban J connectivity index is 1.72. The number of hydrogen-bond acceptors (Lipinski definition) is 3. The van der Waals surface area contributed by atoms with E-state index in [2.05, 4.69) is 4.98 Å². The molecule has 0 spiro atoms. The van der Waals surface area contributed by atoms with Crippen LogP contribution in [0, 0.1) is 0 Å². The fraction of sp³-hybridized carbons (Fsp3) is 0.692. The molecule has 1 fully saturated rings. The monoisotopic (exact) mass is 251 g/mol. The summed E-state index contributed by atoms with van der Waals surface area (Å²) in [5, 5.41) is 0. The highest BCUT2D eigenvalue weighted by atomic mass is 16.5. The van der Waals surface area contributed by atoms with Gasteiger partial charge in [-0.3, -0.25) is 4.79 Å². The average molecular weight is 251 g/mol. The lowest BCUT2D eigenvalue weighted by molar-refractivity contribution is -0.139. The Labute approximate surface area is 108 Å². The van der Waals surface area contributed by atoms with Gasteiger partial charge >= 0.3 is 0 Å². The highest BCUT2D eigenvalue weighted by molar-refractivity contribution is 5.80. The molecule has 2 heterocycles. The number of aromatic nitrogens is 2. The number of nitrogens with zero attached hydrogens (tertiary/aromatic N) is 3. The summed E-state index contributed by atoms with van der Waals surface area (Å²) in [5.41, 5.74) is 0. The molecular formula is C13H21N3O2. The predicted molar refractivity (Wildman–Crippen MR) is 68.1 cm³/mol. The smallest absolute Gasteiger partial charge is 0.251 e. The SMILES string of the molecule is CN(CCCc1nccn1C)C(=O)[C@H]1CCCO1. The van der Waals surface area contributed by atoms with Crippen molar-refractivity contribution in [3.05, 3.63) is 18.2 Å². The molecule has 0 aliphatic carbocycles. The van der Waals surface area contributed by atoms with E-state index in [9.17, 15) is 4.79 Å². The zero-order valence-electron chi connectivity index (χ0n) is 11.1. The van der Waals surface area contributed by atoms with E-state index in [0.29, 0.717) is 0 Å². The number of amides is 1. The predicted octanol–water partition coefficient (Wildman–Crippen LogP) is 0.990. The molecule has 1 amide bonds. The maximum atomic E-state index is 12.0. The fourth-order valence-corrected chi connectivity index (χ4v) is 2.24. The molecule has 5 nitrogen and oxygen atoms in total. The van der Waals surface area contributed by atoms with Crippen LogP contribution in [0.4, 0.5) is 0 Å². The summed E-state index contributed by atoms with van der Waals surface area (Å²) >= 11 is 0. The molecule has 1 aliphatic heterocycles. The molecule has 2 rings (SSSR count). The second-order valence-corrected chi connectivity index (χ2v) is 4.82. The molecule has 1 aromatic rings. The number of aryl methyl sites for hydroxylation is 2. The summed E-state index contributed by atoms with van der Waals surface area (Å²) < 4.78 is 7.42. The Bertz CT molecular complexity index is 397. The molecule has 1 saturated heterocycles. The van der Waals surface area contributed by atoms with Gasteiger partial charge in [0.1, 0.15) is 11.9 Å². The van der Waals surface area contributed by atoms with Crippen LogP contribution in [0.3, 0.4) is 0 Å². The normalized spacial score (nSPS) is 19.1. The quantitative estimate of drug-likeness (QED) is 0.784. The van der Waals surface area contributed by atoms with Gasteiger partial charge in [0.25, 0.3) is 5.91 Å². The maximum absolute atomic E-state index is 12.0. The van der Waals surface area contributed by atoms with Crippen molar-refractivity contribution in [2.45, 2.75) is 31.8 Å². The van der Waals surface area contributed by atoms with Crippen LogP contribution in [0.2, 0.25) is 0 Å². The lowest BCUT2D eigenvalue weighted by Crippen LogP contribution is -2.36. The van der Waals surface area contributed by atoms with Gasteiger partial charge in [-0.1, -0.05) is 0 Å². The molecule has 1 aliphatic rings. The fourth-order valence-electron chi connectivity index (χ4n) is 2.24. The topological polar surface area (TPSA) is 47.4 Å². The Hall–Kier alpha value is -1.36. The highest BCUT2D eigenvalue weighted by Gasteiger charge is 2.26. The number of imidazole rings is 1. The molecule has 5 heteroatoms. The summed E-state index contributed by atoms with van der Waals surface area (Å²) in [6.07, 6.45) is 7.22. The van der Waals surface area contributed by atoms with Gasteiger partial charge in [-0.25, -0.2) is 4.98 Å². The summed E-state index contributed by atoms with van der Waals surface area (Å²) in [7, 11) is 3.84. The van der Waals surface area contributed by atoms with E-state index in [-0.39, 0.29) is 12.0 Å². The third-order valence-corrected chi connectivity index (χ3v) is 3.40. The van der Waals surface area contributed by atoms with Crippen LogP contribution in [0.5, 0.6) is 0 Å². The first-order chi connectivity index (χ1) is 8.68. The van der Waals surface area contributed by atoms with Gasteiger partial charge in [-0.15, -0.1) is 0 Å². The second-order valence-electron chi connectivity index (χ2n) is 4.82. The van der Waals surface area contributed by atoms with E-state index >= 15 is 0 Å². The molecule has 1 aromatic heterocycles. The zero-order valence-corrected chi connectivity index (χ0v) is 11.1. The van der Waals surface area contributed by atoms with Crippen molar-refractivity contribution in [2.75, 3.05) is 20.2 Å². The molecule has 1 atom stereocenters. The Kier molecular flexibility index (Phi) is 4.36. The van der Waals surface area contributed by atoms with E-state index in [1.54, 1.807) is 11.1 Å². The van der Waals surface area contributed by atoms with Crippen molar-refractivity contribution in [1.29, 1.82) is 0 Å². The van der Waals surface area contributed by atoms with Crippen molar-refractivity contribution in [3.8, 4) is 0 Å². The van der Waals surface area contributed by atoms with Gasteiger partial charge in [0.05, 0.1) is 0 Å². The van der Waals surface area contributed by atoms with E-state index in [1.165, 1.54) is 0 Å². The minimum atomic E-state index is -0.205. The molecule has 0 N–H and O–H groups in total. The van der Waals surface area contributed by atoms with Crippen molar-refractivity contribution >= 4 is 5.91 Å². The number of hydrogen-bond donors (Lipinski definition) is 0. The molecular weight excluding hydrogens is 230 g/mol. The van der Waals surface area contributed by atoms with Gasteiger partial charge in [0.2, 0.25) is 0 Å². The van der Waals surface area contributed by atoms with Gasteiger partial charge in [-0.05, 0) is 19.3 Å². The number of carbonyl (C=O) groups excluding carboxylic acids is 1. The van der Waals surface area contributed by atoms with Gasteiger partial charge in [0.15, 0.2) is 0 Å². The molecule has 100 valence electrons. The number of likely N-dealkylation sites (N-methyl/N-ethyl adjacent to an activating group) is 1. The first-order valence-corrected chi connectivity index (χ1v) is 6.51. The van der Waals surface area contributed by atoms with Crippen LogP contribution in [-0.4, -0.2) is 46.7 Å². The number of carbonyl (C=O) groups is 1. The van der Waals surface area contributed by atoms with Crippen LogP contribution in [-0.2, 0) is 23.0 Å². The minimum absolute atomic E-state index is 0.118. The Morgan fingerprint density at radius 3 is 3.11 bits per heavy atom. The van der Waals surface area contributed by atoms with Crippen LogP contribution in [0.1, 0.15) is 25.1 Å². The van der Waals surface area contributed by atoms with Gasteiger partial charge in [-0.2, -0.15) is 0 Å². The Morgan fingerprint density at radius 1 is 1.67 bits per heavy atom. The summed E-state index contributed by atoms with van der Waals surface area (Å²) in [6, 6.07) is 0. The molecule has 18 heavy (non-hydrogen) atoms. The lowest BCUT2D eigenvalue weighted by Gasteiger charge is -2.20. The Morgan fingerprint density at radius 2 is 2.50 bits per heavy atom. The molecule has 0 unspecified atom stereocenters. The van der Waals surface area contributed by atoms with E-state index < -0.39 is 0 Å². The van der Waals surface area contributed by atoms with Gasteiger partial charge < -0.3 is 14.2 Å². The van der Waals surface area contributed by atoms with Crippen LogP contribution >= 0.6 is 0 Å². The van der Waals surface area contributed by atoms with E-state index in [4.69, 9.17) is 4.74 Å².